The van der Waals surface area contributed by atoms with E-state index in [0.29, 0.717) is 18.7 Å². The molecule has 0 bridgehead atoms. The number of nitrogens with zero attached hydrogens (tertiary/aromatic N) is 3. The van der Waals surface area contributed by atoms with Crippen molar-refractivity contribution >= 4 is 17.2 Å². The lowest BCUT2D eigenvalue weighted by Gasteiger charge is -2.06. The van der Waals surface area contributed by atoms with Crippen LogP contribution in [0.1, 0.15) is 17.6 Å². The number of aryl methyl sites for hydroxylation is 1. The van der Waals surface area contributed by atoms with Crippen LogP contribution >= 0.6 is 11.3 Å². The molecular formula is C11H13FN4S. The van der Waals surface area contributed by atoms with Gasteiger partial charge in [-0.1, -0.05) is 6.92 Å². The number of hydrogen-bond donors (Lipinski definition) is 1. The lowest BCUT2D eigenvalue weighted by Crippen LogP contribution is -2.10. The molecule has 0 saturated heterocycles. The van der Waals surface area contributed by atoms with Crippen molar-refractivity contribution in [2.75, 3.05) is 11.9 Å². The summed E-state index contributed by atoms with van der Waals surface area (Å²) in [5.41, 5.74) is 0.441. The number of nitrogens with one attached hydrogen (secondary N) is 1. The summed E-state index contributed by atoms with van der Waals surface area (Å²) in [6.45, 7) is 2.48. The lowest BCUT2D eigenvalue weighted by molar-refractivity contribution is 0.596. The fraction of sp³-hybridized carbons (Fsp3) is 0.364. The van der Waals surface area contributed by atoms with Gasteiger partial charge in [0.1, 0.15) is 6.33 Å². The first kappa shape index (κ1) is 11.9. The smallest absolute Gasteiger partial charge is 0.186 e. The van der Waals surface area contributed by atoms with Crippen LogP contribution < -0.4 is 5.32 Å². The highest BCUT2D eigenvalue weighted by atomic mass is 32.1. The van der Waals surface area contributed by atoms with Gasteiger partial charge < -0.3 is 5.32 Å². The second kappa shape index (κ2) is 5.67. The van der Waals surface area contributed by atoms with E-state index in [9.17, 15) is 4.39 Å². The van der Waals surface area contributed by atoms with Gasteiger partial charge >= 0.3 is 0 Å². The molecule has 2 heterocycles. The van der Waals surface area contributed by atoms with Crippen molar-refractivity contribution in [3.05, 3.63) is 34.4 Å². The lowest BCUT2D eigenvalue weighted by atomic mass is 10.3. The minimum absolute atomic E-state index is 0.272. The van der Waals surface area contributed by atoms with E-state index in [1.165, 1.54) is 6.33 Å². The molecule has 0 saturated carbocycles. The van der Waals surface area contributed by atoms with Crippen molar-refractivity contribution in [1.82, 2.24) is 15.0 Å². The normalized spacial score (nSPS) is 10.5. The largest absolute Gasteiger partial charge is 0.367 e. The maximum absolute atomic E-state index is 13.7. The summed E-state index contributed by atoms with van der Waals surface area (Å²) >= 11 is 1.59. The van der Waals surface area contributed by atoms with Crippen molar-refractivity contribution in [3.8, 4) is 0 Å². The van der Waals surface area contributed by atoms with Crippen LogP contribution in [0.5, 0.6) is 0 Å². The van der Waals surface area contributed by atoms with Crippen molar-refractivity contribution in [2.45, 2.75) is 19.8 Å². The first-order valence-corrected chi connectivity index (χ1v) is 6.30. The number of aromatic nitrogens is 3. The molecule has 1 N–H and O–H groups in total. The van der Waals surface area contributed by atoms with Crippen LogP contribution in [0.2, 0.25) is 0 Å². The van der Waals surface area contributed by atoms with Gasteiger partial charge in [-0.25, -0.2) is 19.3 Å². The summed E-state index contributed by atoms with van der Waals surface area (Å²) in [5, 5.41) is 5.92. The molecule has 0 spiro atoms. The molecule has 2 aromatic heterocycles. The van der Waals surface area contributed by atoms with E-state index in [0.717, 1.165) is 11.4 Å². The van der Waals surface area contributed by atoms with E-state index < -0.39 is 0 Å². The van der Waals surface area contributed by atoms with Gasteiger partial charge in [-0.3, -0.25) is 0 Å². The molecule has 2 aromatic rings. The molecule has 0 amide bonds. The zero-order chi connectivity index (χ0) is 12.1. The van der Waals surface area contributed by atoms with Gasteiger partial charge in [-0.2, -0.15) is 0 Å². The Balaban J connectivity index is 1.95. The van der Waals surface area contributed by atoms with Crippen molar-refractivity contribution in [3.63, 3.8) is 0 Å². The van der Waals surface area contributed by atoms with Gasteiger partial charge in [-0.15, -0.1) is 11.3 Å². The van der Waals surface area contributed by atoms with E-state index in [1.807, 2.05) is 12.3 Å². The predicted molar refractivity (Wildman–Crippen MR) is 65.7 cm³/mol. The third-order valence-corrected chi connectivity index (χ3v) is 3.15. The average molecular weight is 252 g/mol. The Morgan fingerprint density at radius 2 is 2.24 bits per heavy atom. The SMILES string of the molecule is CCc1ncnc(NCCc2nccs2)c1F. The Morgan fingerprint density at radius 1 is 1.35 bits per heavy atom. The number of rotatable bonds is 5. The second-order valence-electron chi connectivity index (χ2n) is 3.44. The summed E-state index contributed by atoms with van der Waals surface area (Å²) in [6, 6.07) is 0. The minimum Gasteiger partial charge on any atom is -0.367 e. The van der Waals surface area contributed by atoms with Crippen molar-refractivity contribution < 1.29 is 4.39 Å². The molecular weight excluding hydrogens is 239 g/mol. The van der Waals surface area contributed by atoms with Gasteiger partial charge in [0.15, 0.2) is 11.6 Å². The quantitative estimate of drug-likeness (QED) is 0.887. The van der Waals surface area contributed by atoms with Crippen molar-refractivity contribution in [1.29, 1.82) is 0 Å². The Bertz CT molecular complexity index is 472. The average Bonchev–Trinajstić information content (AvgIpc) is 2.84. The highest BCUT2D eigenvalue weighted by Gasteiger charge is 2.08. The molecule has 2 rings (SSSR count). The summed E-state index contributed by atoms with van der Waals surface area (Å²) in [4.78, 5) is 11.9. The predicted octanol–water partition coefficient (Wildman–Crippen LogP) is 2.29. The Morgan fingerprint density at radius 3 is 2.94 bits per heavy atom. The highest BCUT2D eigenvalue weighted by Crippen LogP contribution is 2.13. The van der Waals surface area contributed by atoms with E-state index >= 15 is 0 Å². The van der Waals surface area contributed by atoms with E-state index in [-0.39, 0.29) is 11.6 Å². The summed E-state index contributed by atoms with van der Waals surface area (Å²) in [7, 11) is 0. The number of anilines is 1. The van der Waals surface area contributed by atoms with Gasteiger partial charge in [0.25, 0.3) is 0 Å². The maximum atomic E-state index is 13.7. The van der Waals surface area contributed by atoms with Gasteiger partial charge in [0.05, 0.1) is 10.7 Å². The molecule has 0 aromatic carbocycles. The molecule has 0 unspecified atom stereocenters. The number of hydrogen-bond acceptors (Lipinski definition) is 5. The molecule has 0 radical (unpaired) electrons. The van der Waals surface area contributed by atoms with Gasteiger partial charge in [0.2, 0.25) is 0 Å². The van der Waals surface area contributed by atoms with Crippen LogP contribution in [0.15, 0.2) is 17.9 Å². The fourth-order valence-electron chi connectivity index (χ4n) is 1.44. The van der Waals surface area contributed by atoms with Crippen LogP contribution in [0, 0.1) is 5.82 Å². The fourth-order valence-corrected chi connectivity index (χ4v) is 2.06. The minimum atomic E-state index is -0.353. The standard InChI is InChI=1S/C11H13FN4S/c1-2-8-10(12)11(16-7-15-8)14-4-3-9-13-5-6-17-9/h5-7H,2-4H2,1H3,(H,14,15,16). The zero-order valence-electron chi connectivity index (χ0n) is 9.48. The summed E-state index contributed by atoms with van der Waals surface area (Å²) in [5.74, 6) is -0.0810. The van der Waals surface area contributed by atoms with Crippen LogP contribution in [0.4, 0.5) is 10.2 Å². The molecule has 0 aliphatic rings. The first-order chi connectivity index (χ1) is 8.31. The first-order valence-electron chi connectivity index (χ1n) is 5.43. The molecule has 17 heavy (non-hydrogen) atoms. The third kappa shape index (κ3) is 2.97. The number of thiazole rings is 1. The van der Waals surface area contributed by atoms with E-state index in [1.54, 1.807) is 17.5 Å². The van der Waals surface area contributed by atoms with Crippen LogP contribution in [-0.2, 0) is 12.8 Å². The van der Waals surface area contributed by atoms with Crippen molar-refractivity contribution in [2.24, 2.45) is 0 Å². The Labute approximate surface area is 103 Å². The monoisotopic (exact) mass is 252 g/mol. The third-order valence-electron chi connectivity index (χ3n) is 2.31. The van der Waals surface area contributed by atoms with Crippen LogP contribution in [0.25, 0.3) is 0 Å². The number of halogens is 1. The van der Waals surface area contributed by atoms with E-state index in [4.69, 9.17) is 0 Å². The second-order valence-corrected chi connectivity index (χ2v) is 4.42. The Hall–Kier alpha value is -1.56. The van der Waals surface area contributed by atoms with Crippen LogP contribution in [-0.4, -0.2) is 21.5 Å². The zero-order valence-corrected chi connectivity index (χ0v) is 10.3. The summed E-state index contributed by atoms with van der Waals surface area (Å²) < 4.78 is 13.7. The molecule has 6 heteroatoms. The topological polar surface area (TPSA) is 50.7 Å². The molecule has 0 atom stereocenters. The maximum Gasteiger partial charge on any atom is 0.186 e. The van der Waals surface area contributed by atoms with Gasteiger partial charge in [-0.05, 0) is 6.42 Å². The highest BCUT2D eigenvalue weighted by molar-refractivity contribution is 7.09. The molecule has 90 valence electrons. The van der Waals surface area contributed by atoms with Crippen LogP contribution in [0.3, 0.4) is 0 Å². The van der Waals surface area contributed by atoms with E-state index in [2.05, 4.69) is 20.3 Å². The molecule has 4 nitrogen and oxygen atoms in total. The molecule has 0 aliphatic carbocycles. The van der Waals surface area contributed by atoms with Gasteiger partial charge in [0, 0.05) is 24.5 Å². The summed E-state index contributed by atoms with van der Waals surface area (Å²) in [6.07, 6.45) is 4.48. The molecule has 0 fully saturated rings. The molecule has 0 aliphatic heterocycles. The Kier molecular flexibility index (Phi) is 3.98.